The number of alkyl halides is 3. The number of sulfonamides is 1. The molecule has 0 amide bonds. The van der Waals surface area contributed by atoms with Crippen LogP contribution in [0.4, 0.5) is 13.2 Å². The van der Waals surface area contributed by atoms with E-state index in [1.807, 2.05) is 0 Å². The summed E-state index contributed by atoms with van der Waals surface area (Å²) in [7, 11) is -4.15. The highest BCUT2D eigenvalue weighted by Gasteiger charge is 2.35. The van der Waals surface area contributed by atoms with Crippen molar-refractivity contribution in [3.8, 4) is 5.75 Å². The lowest BCUT2D eigenvalue weighted by molar-refractivity contribution is -0.275. The van der Waals surface area contributed by atoms with E-state index >= 15 is 0 Å². The monoisotopic (exact) mass is 339 g/mol. The molecule has 22 heavy (non-hydrogen) atoms. The van der Waals surface area contributed by atoms with Gasteiger partial charge in [0.25, 0.3) is 0 Å². The molecule has 5 nitrogen and oxygen atoms in total. The van der Waals surface area contributed by atoms with E-state index < -0.39 is 33.1 Å². The van der Waals surface area contributed by atoms with Crippen LogP contribution in [0.5, 0.6) is 5.75 Å². The van der Waals surface area contributed by atoms with Crippen molar-refractivity contribution in [2.75, 3.05) is 6.61 Å². The van der Waals surface area contributed by atoms with Gasteiger partial charge in [0.05, 0.1) is 6.10 Å². The number of rotatable bonds is 5. The number of nitrogens with one attached hydrogen (secondary N) is 1. The number of benzene rings is 1. The molecule has 1 aliphatic rings. The van der Waals surface area contributed by atoms with Crippen LogP contribution in [0.15, 0.2) is 29.2 Å². The van der Waals surface area contributed by atoms with Crippen LogP contribution < -0.4 is 9.46 Å². The summed E-state index contributed by atoms with van der Waals surface area (Å²) in [6, 6.07) is 4.06. The van der Waals surface area contributed by atoms with Crippen molar-refractivity contribution in [3.05, 3.63) is 24.3 Å². The fourth-order valence-electron chi connectivity index (χ4n) is 2.26. The van der Waals surface area contributed by atoms with Gasteiger partial charge < -0.3 is 9.47 Å². The van der Waals surface area contributed by atoms with Crippen LogP contribution in [-0.2, 0) is 14.8 Å². The van der Waals surface area contributed by atoms with Crippen LogP contribution in [0.3, 0.4) is 0 Å². The zero-order valence-electron chi connectivity index (χ0n) is 11.8. The summed E-state index contributed by atoms with van der Waals surface area (Å²) in [4.78, 5) is -0.558. The van der Waals surface area contributed by atoms with Crippen LogP contribution >= 0.6 is 0 Å². The van der Waals surface area contributed by atoms with Crippen molar-refractivity contribution in [1.82, 2.24) is 4.72 Å². The van der Waals surface area contributed by atoms with Gasteiger partial charge in [-0.2, -0.15) is 0 Å². The van der Waals surface area contributed by atoms with Crippen molar-refractivity contribution >= 4 is 10.0 Å². The van der Waals surface area contributed by atoms with Gasteiger partial charge in [0, 0.05) is 12.6 Å². The molecule has 9 heteroatoms. The van der Waals surface area contributed by atoms with E-state index in [4.69, 9.17) is 4.74 Å². The molecule has 1 fully saturated rings. The van der Waals surface area contributed by atoms with Gasteiger partial charge in [-0.25, -0.2) is 13.1 Å². The predicted octanol–water partition coefficient (Wildman–Crippen LogP) is 2.43. The van der Waals surface area contributed by atoms with Crippen molar-refractivity contribution in [1.29, 1.82) is 0 Å². The Morgan fingerprint density at radius 1 is 1.36 bits per heavy atom. The number of hydrogen-bond acceptors (Lipinski definition) is 4. The lowest BCUT2D eigenvalue weighted by atomic mass is 10.1. The van der Waals surface area contributed by atoms with E-state index in [1.54, 1.807) is 6.92 Å². The minimum atomic E-state index is -4.97. The lowest BCUT2D eigenvalue weighted by Crippen LogP contribution is -2.41. The second kappa shape index (κ2) is 6.43. The maximum Gasteiger partial charge on any atom is 0.573 e. The normalized spacial score (nSPS) is 20.8. The fraction of sp³-hybridized carbons (Fsp3) is 0.538. The molecule has 0 aliphatic carbocycles. The summed E-state index contributed by atoms with van der Waals surface area (Å²) in [6.45, 7) is 2.16. The molecule has 2 atom stereocenters. The third-order valence-corrected chi connectivity index (χ3v) is 4.83. The minimum absolute atomic E-state index is 0.287. The van der Waals surface area contributed by atoms with E-state index in [0.717, 1.165) is 18.6 Å². The summed E-state index contributed by atoms with van der Waals surface area (Å²) in [6.07, 6.45) is -3.73. The first kappa shape index (κ1) is 17.0. The molecule has 1 aromatic carbocycles. The van der Waals surface area contributed by atoms with Gasteiger partial charge in [0.15, 0.2) is 0 Å². The molecule has 0 bridgehead atoms. The number of hydrogen-bond donors (Lipinski definition) is 1. The largest absolute Gasteiger partial charge is 0.573 e. The highest BCUT2D eigenvalue weighted by molar-refractivity contribution is 7.89. The van der Waals surface area contributed by atoms with Gasteiger partial charge in [-0.1, -0.05) is 12.1 Å². The Balaban J connectivity index is 2.21. The highest BCUT2D eigenvalue weighted by Crippen LogP contribution is 2.29. The third-order valence-electron chi connectivity index (χ3n) is 3.23. The fourth-order valence-corrected chi connectivity index (χ4v) is 3.66. The molecule has 0 spiro atoms. The molecular formula is C13H16F3NO4S. The minimum Gasteiger partial charge on any atom is -0.404 e. The Morgan fingerprint density at radius 2 is 2.05 bits per heavy atom. The Hall–Kier alpha value is -1.32. The van der Waals surface area contributed by atoms with Gasteiger partial charge in [-0.15, -0.1) is 13.2 Å². The number of para-hydroxylation sites is 1. The highest BCUT2D eigenvalue weighted by atomic mass is 32.2. The maximum atomic E-state index is 12.4. The van der Waals surface area contributed by atoms with Crippen LogP contribution in [0, 0.1) is 0 Å². The molecule has 1 N–H and O–H groups in total. The Bertz CT molecular complexity index is 612. The molecular weight excluding hydrogens is 323 g/mol. The van der Waals surface area contributed by atoms with Crippen LogP contribution in [0.2, 0.25) is 0 Å². The third kappa shape index (κ3) is 4.34. The first-order valence-corrected chi connectivity index (χ1v) is 8.16. The second-order valence-corrected chi connectivity index (χ2v) is 6.64. The topological polar surface area (TPSA) is 64.6 Å². The molecule has 1 heterocycles. The summed E-state index contributed by atoms with van der Waals surface area (Å²) >= 11 is 0. The molecule has 0 aromatic heterocycles. The molecule has 1 saturated heterocycles. The first-order valence-electron chi connectivity index (χ1n) is 6.68. The van der Waals surface area contributed by atoms with Crippen molar-refractivity contribution in [2.45, 2.75) is 43.2 Å². The van der Waals surface area contributed by atoms with E-state index in [0.29, 0.717) is 13.0 Å². The zero-order valence-corrected chi connectivity index (χ0v) is 12.6. The molecule has 1 aliphatic heterocycles. The van der Waals surface area contributed by atoms with Crippen LogP contribution in [0.25, 0.3) is 0 Å². The predicted molar refractivity (Wildman–Crippen MR) is 71.9 cm³/mol. The molecule has 124 valence electrons. The SMILES string of the molecule is C[C@H](NS(=O)(=O)c1ccccc1OC(F)(F)F)[C@H]1CCCO1. The van der Waals surface area contributed by atoms with Crippen LogP contribution in [0.1, 0.15) is 19.8 Å². The van der Waals surface area contributed by atoms with Gasteiger partial charge in [0.1, 0.15) is 10.6 Å². The van der Waals surface area contributed by atoms with Crippen molar-refractivity contribution < 1.29 is 31.1 Å². The van der Waals surface area contributed by atoms with Gasteiger partial charge in [-0.05, 0) is 31.9 Å². The van der Waals surface area contributed by atoms with Gasteiger partial charge in [0.2, 0.25) is 10.0 Å². The van der Waals surface area contributed by atoms with Crippen molar-refractivity contribution in [2.24, 2.45) is 0 Å². The quantitative estimate of drug-likeness (QED) is 0.895. The summed E-state index contributed by atoms with van der Waals surface area (Å²) in [5, 5.41) is 0. The Morgan fingerprint density at radius 3 is 2.64 bits per heavy atom. The summed E-state index contributed by atoms with van der Waals surface area (Å²) < 4.78 is 73.2. The molecule has 0 radical (unpaired) electrons. The Kier molecular flexibility index (Phi) is 4.98. The molecule has 0 unspecified atom stereocenters. The Labute approximate surface area is 126 Å². The van der Waals surface area contributed by atoms with E-state index in [1.165, 1.54) is 12.1 Å². The lowest BCUT2D eigenvalue weighted by Gasteiger charge is -2.21. The average Bonchev–Trinajstić information content (AvgIpc) is 2.90. The standard InChI is InChI=1S/C13H16F3NO4S/c1-9(10-6-4-8-20-10)17-22(18,19)12-7-3-2-5-11(12)21-13(14,15)16/h2-3,5,7,9-10,17H,4,6,8H2,1H3/t9-,10+/m0/s1. The molecule has 2 rings (SSSR count). The van der Waals surface area contributed by atoms with E-state index in [2.05, 4.69) is 9.46 Å². The summed E-state index contributed by atoms with van der Waals surface area (Å²) in [5.41, 5.74) is 0. The number of halogens is 3. The molecule has 1 aromatic rings. The van der Waals surface area contributed by atoms with E-state index in [-0.39, 0.29) is 6.10 Å². The smallest absolute Gasteiger partial charge is 0.404 e. The molecule has 0 saturated carbocycles. The average molecular weight is 339 g/mol. The second-order valence-electron chi connectivity index (χ2n) is 4.96. The van der Waals surface area contributed by atoms with Crippen molar-refractivity contribution in [3.63, 3.8) is 0 Å². The van der Waals surface area contributed by atoms with Crippen LogP contribution in [-0.4, -0.2) is 33.5 Å². The number of ether oxygens (including phenoxy) is 2. The van der Waals surface area contributed by atoms with E-state index in [9.17, 15) is 21.6 Å². The van der Waals surface area contributed by atoms with Gasteiger partial charge in [-0.3, -0.25) is 0 Å². The summed E-state index contributed by atoms with van der Waals surface area (Å²) in [5.74, 6) is -0.762. The van der Waals surface area contributed by atoms with Gasteiger partial charge >= 0.3 is 6.36 Å². The zero-order chi connectivity index (χ0) is 16.4. The first-order chi connectivity index (χ1) is 10.2. The maximum absolute atomic E-state index is 12.4.